The van der Waals surface area contributed by atoms with Crippen molar-refractivity contribution >= 4 is 11.8 Å². The second-order valence-electron chi connectivity index (χ2n) is 7.80. The van der Waals surface area contributed by atoms with Crippen molar-refractivity contribution in [2.75, 3.05) is 32.7 Å². The molecule has 0 aliphatic carbocycles. The average molecular weight is 376 g/mol. The summed E-state index contributed by atoms with van der Waals surface area (Å²) in [5.74, 6) is 0.403. The average Bonchev–Trinajstić information content (AvgIpc) is 3.27. The molecular formula is C23H26N3O2. The van der Waals surface area contributed by atoms with Gasteiger partial charge in [-0.05, 0) is 48.9 Å². The van der Waals surface area contributed by atoms with Gasteiger partial charge in [-0.1, -0.05) is 42.5 Å². The monoisotopic (exact) mass is 376 g/mol. The molecule has 4 rings (SSSR count). The number of hydrogen-bond donors (Lipinski definition) is 1. The van der Waals surface area contributed by atoms with E-state index in [2.05, 4.69) is 35.6 Å². The van der Waals surface area contributed by atoms with Gasteiger partial charge in [0, 0.05) is 26.2 Å². The summed E-state index contributed by atoms with van der Waals surface area (Å²) in [6.45, 7) is 4.65. The topological polar surface area (TPSA) is 66.6 Å². The SMILES string of the molecule is NC(=O)c1ccccc1C(=O)N1CC2CN(CC[CH]c3ccccc3)C[C@H]2C1. The molecule has 0 aromatic heterocycles. The minimum Gasteiger partial charge on any atom is -0.366 e. The third-order valence-corrected chi connectivity index (χ3v) is 5.90. The second-order valence-corrected chi connectivity index (χ2v) is 7.80. The van der Waals surface area contributed by atoms with E-state index in [1.54, 1.807) is 24.3 Å². The van der Waals surface area contributed by atoms with Crippen molar-refractivity contribution < 1.29 is 9.59 Å². The zero-order valence-corrected chi connectivity index (χ0v) is 16.0. The molecule has 2 aromatic carbocycles. The molecule has 2 amide bonds. The summed E-state index contributed by atoms with van der Waals surface area (Å²) in [5.41, 5.74) is 7.43. The summed E-state index contributed by atoms with van der Waals surface area (Å²) in [7, 11) is 0. The van der Waals surface area contributed by atoms with Crippen molar-refractivity contribution in [3.63, 3.8) is 0 Å². The van der Waals surface area contributed by atoms with Gasteiger partial charge in [0.1, 0.15) is 0 Å². The zero-order chi connectivity index (χ0) is 19.5. The predicted molar refractivity (Wildman–Crippen MR) is 109 cm³/mol. The van der Waals surface area contributed by atoms with Crippen molar-refractivity contribution in [1.82, 2.24) is 9.80 Å². The number of hydrogen-bond acceptors (Lipinski definition) is 3. The normalized spacial score (nSPS) is 21.6. The number of likely N-dealkylation sites (tertiary alicyclic amines) is 2. The molecular weight excluding hydrogens is 350 g/mol. The van der Waals surface area contributed by atoms with E-state index in [4.69, 9.17) is 5.73 Å². The van der Waals surface area contributed by atoms with Crippen LogP contribution in [0.15, 0.2) is 54.6 Å². The number of fused-ring (bicyclic) bond motifs is 1. The van der Waals surface area contributed by atoms with Crippen LogP contribution in [-0.4, -0.2) is 54.3 Å². The number of nitrogens with zero attached hydrogens (tertiary/aromatic N) is 2. The fourth-order valence-corrected chi connectivity index (χ4v) is 4.50. The predicted octanol–water partition coefficient (Wildman–Crippen LogP) is 2.43. The van der Waals surface area contributed by atoms with E-state index in [9.17, 15) is 9.59 Å². The summed E-state index contributed by atoms with van der Waals surface area (Å²) in [6.07, 6.45) is 3.32. The Morgan fingerprint density at radius 3 is 2.14 bits per heavy atom. The Balaban J connectivity index is 1.29. The number of primary amides is 1. The van der Waals surface area contributed by atoms with Crippen molar-refractivity contribution in [2.45, 2.75) is 6.42 Å². The lowest BCUT2D eigenvalue weighted by atomic mass is 10.0. The highest BCUT2D eigenvalue weighted by molar-refractivity contribution is 6.06. The summed E-state index contributed by atoms with van der Waals surface area (Å²) in [4.78, 5) is 28.9. The fraction of sp³-hybridized carbons (Fsp3) is 0.348. The van der Waals surface area contributed by atoms with Crippen molar-refractivity contribution in [3.8, 4) is 0 Å². The van der Waals surface area contributed by atoms with Crippen LogP contribution in [0, 0.1) is 18.3 Å². The van der Waals surface area contributed by atoms with Crippen LogP contribution >= 0.6 is 0 Å². The highest BCUT2D eigenvalue weighted by atomic mass is 16.2. The number of amides is 2. The first kappa shape index (κ1) is 18.7. The lowest BCUT2D eigenvalue weighted by Gasteiger charge is -2.22. The van der Waals surface area contributed by atoms with Crippen LogP contribution in [0.3, 0.4) is 0 Å². The minimum absolute atomic E-state index is 0.0761. The summed E-state index contributed by atoms with van der Waals surface area (Å²) in [6, 6.07) is 17.3. The molecule has 0 spiro atoms. The van der Waals surface area contributed by atoms with Crippen molar-refractivity contribution in [1.29, 1.82) is 0 Å². The first-order valence-corrected chi connectivity index (χ1v) is 9.90. The van der Waals surface area contributed by atoms with Gasteiger partial charge in [0.2, 0.25) is 5.91 Å². The molecule has 1 unspecified atom stereocenters. The molecule has 2 fully saturated rings. The Hall–Kier alpha value is -2.66. The second kappa shape index (κ2) is 8.15. The molecule has 5 nitrogen and oxygen atoms in total. The van der Waals surface area contributed by atoms with Gasteiger partial charge in [-0.25, -0.2) is 0 Å². The van der Waals surface area contributed by atoms with Gasteiger partial charge in [0.05, 0.1) is 11.1 Å². The molecule has 5 heteroatoms. The van der Waals surface area contributed by atoms with Crippen LogP contribution in [0.4, 0.5) is 0 Å². The number of rotatable bonds is 6. The standard InChI is InChI=1S/C23H26N3O2/c24-22(27)20-10-4-5-11-21(20)23(28)26-15-18-13-25(14-19(18)16-26)12-6-9-17-7-2-1-3-8-17/h1-5,7-11,18-19H,6,12-16H2,(H2,24,27)/t18-,19?/m0/s1. The summed E-state index contributed by atoms with van der Waals surface area (Å²) < 4.78 is 0. The first-order valence-electron chi connectivity index (χ1n) is 9.90. The summed E-state index contributed by atoms with van der Waals surface area (Å²) >= 11 is 0. The zero-order valence-electron chi connectivity index (χ0n) is 16.0. The molecule has 2 heterocycles. The Morgan fingerprint density at radius 1 is 0.893 bits per heavy atom. The molecule has 2 aromatic rings. The highest BCUT2D eigenvalue weighted by Gasteiger charge is 2.41. The summed E-state index contributed by atoms with van der Waals surface area (Å²) in [5, 5.41) is 0. The molecule has 0 bridgehead atoms. The minimum atomic E-state index is -0.552. The van der Waals surface area contributed by atoms with E-state index in [0.29, 0.717) is 23.0 Å². The fourth-order valence-electron chi connectivity index (χ4n) is 4.50. The van der Waals surface area contributed by atoms with Gasteiger partial charge < -0.3 is 15.5 Å². The third kappa shape index (κ3) is 3.94. The molecule has 2 atom stereocenters. The number of nitrogens with two attached hydrogens (primary N) is 1. The van der Waals surface area contributed by atoms with E-state index in [1.165, 1.54) is 5.56 Å². The molecule has 28 heavy (non-hydrogen) atoms. The van der Waals surface area contributed by atoms with E-state index in [-0.39, 0.29) is 5.91 Å². The highest BCUT2D eigenvalue weighted by Crippen LogP contribution is 2.32. The molecule has 145 valence electrons. The Kier molecular flexibility index (Phi) is 5.44. The maximum atomic E-state index is 12.9. The largest absolute Gasteiger partial charge is 0.366 e. The van der Waals surface area contributed by atoms with Gasteiger partial charge in [0.15, 0.2) is 0 Å². The maximum absolute atomic E-state index is 12.9. The molecule has 2 aliphatic heterocycles. The van der Waals surface area contributed by atoms with Crippen molar-refractivity contribution in [2.24, 2.45) is 17.6 Å². The van der Waals surface area contributed by atoms with Crippen LogP contribution in [-0.2, 0) is 0 Å². The maximum Gasteiger partial charge on any atom is 0.254 e. The smallest absolute Gasteiger partial charge is 0.254 e. The van der Waals surface area contributed by atoms with Gasteiger partial charge in [-0.3, -0.25) is 9.59 Å². The lowest BCUT2D eigenvalue weighted by molar-refractivity contribution is 0.0768. The van der Waals surface area contributed by atoms with Gasteiger partial charge in [0.25, 0.3) is 5.91 Å². The van der Waals surface area contributed by atoms with Crippen molar-refractivity contribution in [3.05, 3.63) is 77.7 Å². The molecule has 2 saturated heterocycles. The van der Waals surface area contributed by atoms with E-state index in [1.807, 2.05) is 11.0 Å². The quantitative estimate of drug-likeness (QED) is 0.842. The number of carbonyl (C=O) groups is 2. The Bertz CT molecular complexity index is 838. The number of carbonyl (C=O) groups excluding carboxylic acids is 2. The van der Waals surface area contributed by atoms with Gasteiger partial charge in [-0.2, -0.15) is 0 Å². The molecule has 1 radical (unpaired) electrons. The molecule has 0 saturated carbocycles. The van der Waals surface area contributed by atoms with E-state index < -0.39 is 5.91 Å². The molecule has 2 N–H and O–H groups in total. The molecule has 2 aliphatic rings. The van der Waals surface area contributed by atoms with Crippen LogP contribution in [0.5, 0.6) is 0 Å². The van der Waals surface area contributed by atoms with Crippen LogP contribution in [0.2, 0.25) is 0 Å². The Morgan fingerprint density at radius 2 is 1.50 bits per heavy atom. The van der Waals surface area contributed by atoms with E-state index >= 15 is 0 Å². The lowest BCUT2D eigenvalue weighted by Crippen LogP contribution is -2.34. The van der Waals surface area contributed by atoms with Crippen LogP contribution in [0.1, 0.15) is 32.7 Å². The van der Waals surface area contributed by atoms with Gasteiger partial charge in [-0.15, -0.1) is 0 Å². The Labute approximate surface area is 166 Å². The third-order valence-electron chi connectivity index (χ3n) is 5.90. The number of benzene rings is 2. The van der Waals surface area contributed by atoms with E-state index in [0.717, 1.165) is 39.1 Å². The van der Waals surface area contributed by atoms with Crippen LogP contribution < -0.4 is 5.73 Å². The first-order chi connectivity index (χ1) is 13.6. The van der Waals surface area contributed by atoms with Gasteiger partial charge >= 0.3 is 0 Å². The van der Waals surface area contributed by atoms with Crippen LogP contribution in [0.25, 0.3) is 0 Å².